The van der Waals surface area contributed by atoms with Gasteiger partial charge in [0.05, 0.1) is 17.1 Å². The number of carbonyl (C=O) groups is 3. The van der Waals surface area contributed by atoms with Gasteiger partial charge in [0.15, 0.2) is 0 Å². The summed E-state index contributed by atoms with van der Waals surface area (Å²) in [7, 11) is 0. The Bertz CT molecular complexity index is 573. The number of hydrogen-bond donors (Lipinski definition) is 3. The van der Waals surface area contributed by atoms with Gasteiger partial charge in [-0.15, -0.1) is 0 Å². The summed E-state index contributed by atoms with van der Waals surface area (Å²) in [6, 6.07) is 6.96. The van der Waals surface area contributed by atoms with E-state index in [1.165, 1.54) is 0 Å². The van der Waals surface area contributed by atoms with E-state index in [2.05, 4.69) is 16.0 Å². The smallest absolute Gasteiger partial charge is 0.252 e. The third-order valence-electron chi connectivity index (χ3n) is 3.14. The maximum absolute atomic E-state index is 11.8. The average molecular weight is 324 g/mol. The second-order valence-electron chi connectivity index (χ2n) is 5.10. The Morgan fingerprint density at radius 1 is 1.09 bits per heavy atom. The molecule has 2 rings (SSSR count). The van der Waals surface area contributed by atoms with Gasteiger partial charge in [-0.1, -0.05) is 23.7 Å². The van der Waals surface area contributed by atoms with Crippen LogP contribution in [0.3, 0.4) is 0 Å². The van der Waals surface area contributed by atoms with Crippen molar-refractivity contribution in [2.24, 2.45) is 0 Å². The van der Waals surface area contributed by atoms with Crippen molar-refractivity contribution in [2.45, 2.75) is 25.3 Å². The zero-order valence-corrected chi connectivity index (χ0v) is 12.8. The van der Waals surface area contributed by atoms with Gasteiger partial charge in [-0.2, -0.15) is 0 Å². The van der Waals surface area contributed by atoms with Gasteiger partial charge >= 0.3 is 0 Å². The van der Waals surface area contributed by atoms with Gasteiger partial charge in [0.2, 0.25) is 11.8 Å². The van der Waals surface area contributed by atoms with Crippen molar-refractivity contribution >= 4 is 29.3 Å². The lowest BCUT2D eigenvalue weighted by Gasteiger charge is -2.08. The summed E-state index contributed by atoms with van der Waals surface area (Å²) < 4.78 is 0. The van der Waals surface area contributed by atoms with Gasteiger partial charge < -0.3 is 16.0 Å². The molecule has 118 valence electrons. The number of benzene rings is 1. The second-order valence-corrected chi connectivity index (χ2v) is 5.51. The summed E-state index contributed by atoms with van der Waals surface area (Å²) in [6.07, 6.45) is 2.12. The van der Waals surface area contributed by atoms with Crippen LogP contribution in [0, 0.1) is 0 Å². The van der Waals surface area contributed by atoms with E-state index in [0.717, 1.165) is 12.8 Å². The summed E-state index contributed by atoms with van der Waals surface area (Å²) >= 11 is 5.91. The van der Waals surface area contributed by atoms with Crippen molar-refractivity contribution in [2.75, 3.05) is 13.1 Å². The zero-order valence-electron chi connectivity index (χ0n) is 12.0. The molecule has 0 saturated heterocycles. The topological polar surface area (TPSA) is 87.3 Å². The van der Waals surface area contributed by atoms with Crippen molar-refractivity contribution in [3.05, 3.63) is 34.9 Å². The third kappa shape index (κ3) is 5.37. The molecular weight excluding hydrogens is 306 g/mol. The lowest BCUT2D eigenvalue weighted by Crippen LogP contribution is -2.39. The zero-order chi connectivity index (χ0) is 15.9. The van der Waals surface area contributed by atoms with E-state index in [1.807, 2.05) is 0 Å². The third-order valence-corrected chi connectivity index (χ3v) is 3.47. The van der Waals surface area contributed by atoms with Crippen LogP contribution in [0.4, 0.5) is 0 Å². The van der Waals surface area contributed by atoms with Gasteiger partial charge in [-0.3, -0.25) is 14.4 Å². The minimum atomic E-state index is -0.329. The van der Waals surface area contributed by atoms with Crippen molar-refractivity contribution in [1.82, 2.24) is 16.0 Å². The number of halogens is 1. The number of rotatable bonds is 7. The molecule has 1 aliphatic carbocycles. The minimum Gasteiger partial charge on any atom is -0.352 e. The highest BCUT2D eigenvalue weighted by molar-refractivity contribution is 6.33. The SMILES string of the molecule is O=C(CCNC(=O)c1ccccc1Cl)NCC(=O)NC1CC1. The molecule has 0 bridgehead atoms. The maximum atomic E-state index is 11.8. The molecule has 0 aliphatic heterocycles. The van der Waals surface area contributed by atoms with Crippen molar-refractivity contribution in [1.29, 1.82) is 0 Å². The molecule has 0 heterocycles. The first-order valence-corrected chi connectivity index (χ1v) is 7.53. The average Bonchev–Trinajstić information content (AvgIpc) is 3.29. The van der Waals surface area contributed by atoms with Crippen molar-refractivity contribution in [3.8, 4) is 0 Å². The number of carbonyl (C=O) groups excluding carboxylic acids is 3. The molecule has 1 aromatic rings. The van der Waals surface area contributed by atoms with E-state index in [1.54, 1.807) is 24.3 Å². The first-order valence-electron chi connectivity index (χ1n) is 7.15. The maximum Gasteiger partial charge on any atom is 0.252 e. The van der Waals surface area contributed by atoms with Crippen LogP contribution in [0.1, 0.15) is 29.6 Å². The van der Waals surface area contributed by atoms with E-state index in [4.69, 9.17) is 11.6 Å². The summed E-state index contributed by atoms with van der Waals surface area (Å²) in [5.41, 5.74) is 0.369. The molecule has 7 heteroatoms. The van der Waals surface area contributed by atoms with E-state index in [9.17, 15) is 14.4 Å². The van der Waals surface area contributed by atoms with Crippen LogP contribution >= 0.6 is 11.6 Å². The largest absolute Gasteiger partial charge is 0.352 e. The van der Waals surface area contributed by atoms with Gasteiger partial charge in [0.25, 0.3) is 5.91 Å². The molecule has 22 heavy (non-hydrogen) atoms. The number of hydrogen-bond acceptors (Lipinski definition) is 3. The van der Waals surface area contributed by atoms with Crippen LogP contribution in [-0.2, 0) is 9.59 Å². The van der Waals surface area contributed by atoms with E-state index < -0.39 is 0 Å². The molecule has 3 amide bonds. The summed E-state index contributed by atoms with van der Waals surface area (Å²) in [5.74, 6) is -0.800. The Hall–Kier alpha value is -2.08. The molecule has 0 unspecified atom stereocenters. The summed E-state index contributed by atoms with van der Waals surface area (Å²) in [6.45, 7) is 0.147. The van der Waals surface area contributed by atoms with E-state index >= 15 is 0 Å². The van der Waals surface area contributed by atoms with E-state index in [0.29, 0.717) is 10.6 Å². The monoisotopic (exact) mass is 323 g/mol. The predicted octanol–water partition coefficient (Wildman–Crippen LogP) is 0.855. The van der Waals surface area contributed by atoms with Gasteiger partial charge in [-0.25, -0.2) is 0 Å². The fraction of sp³-hybridized carbons (Fsp3) is 0.400. The normalized spacial score (nSPS) is 13.3. The van der Waals surface area contributed by atoms with Gasteiger partial charge in [0, 0.05) is 19.0 Å². The quantitative estimate of drug-likeness (QED) is 0.695. The first-order chi connectivity index (χ1) is 10.6. The van der Waals surface area contributed by atoms with Crippen LogP contribution in [0.25, 0.3) is 0 Å². The predicted molar refractivity (Wildman–Crippen MR) is 82.6 cm³/mol. The van der Waals surface area contributed by atoms with Crippen LogP contribution in [0.15, 0.2) is 24.3 Å². The molecule has 1 fully saturated rings. The van der Waals surface area contributed by atoms with Crippen LogP contribution in [0.5, 0.6) is 0 Å². The van der Waals surface area contributed by atoms with Crippen LogP contribution < -0.4 is 16.0 Å². The first kappa shape index (κ1) is 16.3. The fourth-order valence-corrected chi connectivity index (χ4v) is 2.03. The molecule has 3 N–H and O–H groups in total. The molecule has 0 spiro atoms. The standard InChI is InChI=1S/C15H18ClN3O3/c16-12-4-2-1-3-11(12)15(22)17-8-7-13(20)18-9-14(21)19-10-5-6-10/h1-4,10H,5-9H2,(H,17,22)(H,18,20)(H,19,21). The fourth-order valence-electron chi connectivity index (χ4n) is 1.80. The summed E-state index contributed by atoms with van der Waals surface area (Å²) in [5, 5.41) is 8.26. The Balaban J connectivity index is 1.63. The van der Waals surface area contributed by atoms with Crippen LogP contribution in [0.2, 0.25) is 5.02 Å². The Morgan fingerprint density at radius 2 is 1.82 bits per heavy atom. The summed E-state index contributed by atoms with van der Waals surface area (Å²) in [4.78, 5) is 34.8. The molecule has 0 aromatic heterocycles. The highest BCUT2D eigenvalue weighted by Gasteiger charge is 2.23. The lowest BCUT2D eigenvalue weighted by atomic mass is 10.2. The van der Waals surface area contributed by atoms with Crippen molar-refractivity contribution in [3.63, 3.8) is 0 Å². The number of nitrogens with one attached hydrogen (secondary N) is 3. The van der Waals surface area contributed by atoms with Gasteiger partial charge in [-0.05, 0) is 25.0 Å². The molecule has 1 aliphatic rings. The van der Waals surface area contributed by atoms with Gasteiger partial charge in [0.1, 0.15) is 0 Å². The van der Waals surface area contributed by atoms with Crippen molar-refractivity contribution < 1.29 is 14.4 Å². The number of amides is 3. The highest BCUT2D eigenvalue weighted by Crippen LogP contribution is 2.18. The van der Waals surface area contributed by atoms with E-state index in [-0.39, 0.29) is 43.3 Å². The van der Waals surface area contributed by atoms with Crippen LogP contribution in [-0.4, -0.2) is 36.9 Å². The molecule has 6 nitrogen and oxygen atoms in total. The lowest BCUT2D eigenvalue weighted by molar-refractivity contribution is -0.126. The Kier molecular flexibility index (Phi) is 5.77. The molecule has 1 saturated carbocycles. The molecule has 0 radical (unpaired) electrons. The highest BCUT2D eigenvalue weighted by atomic mass is 35.5. The Labute approximate surface area is 133 Å². The molecule has 1 aromatic carbocycles. The minimum absolute atomic E-state index is 0.0339. The molecular formula is C15H18ClN3O3. The second kappa shape index (κ2) is 7.79. The molecule has 0 atom stereocenters. The Morgan fingerprint density at radius 3 is 2.50 bits per heavy atom.